The number of nitrogens with zero attached hydrogens (tertiary/aromatic N) is 2. The van der Waals surface area contributed by atoms with Gasteiger partial charge in [-0.05, 0) is 36.0 Å². The maximum atomic E-state index is 13.0. The van der Waals surface area contributed by atoms with Crippen molar-refractivity contribution in [1.82, 2.24) is 9.80 Å². The Hall–Kier alpha value is -1.56. The van der Waals surface area contributed by atoms with Crippen LogP contribution in [0.3, 0.4) is 0 Å². The van der Waals surface area contributed by atoms with E-state index < -0.39 is 17.8 Å². The molecule has 1 saturated heterocycles. The van der Waals surface area contributed by atoms with Crippen LogP contribution in [0.1, 0.15) is 12.0 Å². The van der Waals surface area contributed by atoms with Crippen molar-refractivity contribution >= 4 is 35.1 Å². The van der Waals surface area contributed by atoms with Crippen LogP contribution in [0.15, 0.2) is 30.4 Å². The van der Waals surface area contributed by atoms with E-state index in [9.17, 15) is 14.7 Å². The molecule has 1 amide bonds. The van der Waals surface area contributed by atoms with Gasteiger partial charge in [0.1, 0.15) is 0 Å². The highest BCUT2D eigenvalue weighted by molar-refractivity contribution is 6.42. The summed E-state index contributed by atoms with van der Waals surface area (Å²) in [7, 11) is 0. The van der Waals surface area contributed by atoms with Crippen LogP contribution >= 0.6 is 23.2 Å². The van der Waals surface area contributed by atoms with Crippen LogP contribution in [0.5, 0.6) is 0 Å². The largest absolute Gasteiger partial charge is 0.481 e. The number of carboxylic acid groups (broad SMARTS) is 1. The second-order valence-corrected chi connectivity index (χ2v) is 8.50. The minimum absolute atomic E-state index is 0.00781. The molecular formula is C20H22Cl2N2O3. The fourth-order valence-electron chi connectivity index (χ4n) is 4.73. The summed E-state index contributed by atoms with van der Waals surface area (Å²) in [6.45, 7) is 3.54. The van der Waals surface area contributed by atoms with Crippen LogP contribution in [-0.4, -0.2) is 53.0 Å². The Bertz CT molecular complexity index is 789. The van der Waals surface area contributed by atoms with Crippen LogP contribution < -0.4 is 0 Å². The average Bonchev–Trinajstić information content (AvgIpc) is 3.26. The minimum Gasteiger partial charge on any atom is -0.481 e. The normalized spacial score (nSPS) is 30.1. The molecule has 2 aliphatic carbocycles. The lowest BCUT2D eigenvalue weighted by atomic mass is 9.82. The molecule has 1 aromatic carbocycles. The summed E-state index contributed by atoms with van der Waals surface area (Å²) in [5, 5.41) is 10.7. The van der Waals surface area contributed by atoms with E-state index in [1.54, 1.807) is 6.07 Å². The van der Waals surface area contributed by atoms with Crippen molar-refractivity contribution in [3.8, 4) is 0 Å². The van der Waals surface area contributed by atoms with E-state index in [2.05, 4.69) is 4.90 Å². The Balaban J connectivity index is 1.36. The zero-order chi connectivity index (χ0) is 19.1. The molecule has 144 valence electrons. The van der Waals surface area contributed by atoms with Gasteiger partial charge >= 0.3 is 5.97 Å². The van der Waals surface area contributed by atoms with Gasteiger partial charge in [0.15, 0.2) is 0 Å². The topological polar surface area (TPSA) is 60.9 Å². The number of carbonyl (C=O) groups excluding carboxylic acids is 1. The van der Waals surface area contributed by atoms with E-state index in [0.29, 0.717) is 23.1 Å². The number of fused-ring (bicyclic) bond motifs is 2. The van der Waals surface area contributed by atoms with Crippen molar-refractivity contribution in [2.45, 2.75) is 13.0 Å². The predicted molar refractivity (Wildman–Crippen MR) is 104 cm³/mol. The first-order chi connectivity index (χ1) is 12.9. The lowest BCUT2D eigenvalue weighted by molar-refractivity contribution is -0.151. The molecule has 27 heavy (non-hydrogen) atoms. The SMILES string of the molecule is O=C(O)[C@H]1[C@@H](C(=O)N2CCN(Cc3ccc(Cl)c(Cl)c3)CC2)[C@H]2C=C[C@H]1C2. The van der Waals surface area contributed by atoms with Crippen molar-refractivity contribution in [3.63, 3.8) is 0 Å². The maximum Gasteiger partial charge on any atom is 0.307 e. The van der Waals surface area contributed by atoms with Crippen molar-refractivity contribution in [1.29, 1.82) is 0 Å². The molecule has 3 aliphatic rings. The van der Waals surface area contributed by atoms with E-state index in [-0.39, 0.29) is 17.7 Å². The molecule has 0 spiro atoms. The highest BCUT2D eigenvalue weighted by Crippen LogP contribution is 2.48. The molecule has 2 bridgehead atoms. The van der Waals surface area contributed by atoms with Gasteiger partial charge in [-0.3, -0.25) is 14.5 Å². The number of hydrogen-bond acceptors (Lipinski definition) is 3. The summed E-state index contributed by atoms with van der Waals surface area (Å²) >= 11 is 12.0. The molecule has 5 nitrogen and oxygen atoms in total. The number of piperazine rings is 1. The molecule has 1 N–H and O–H groups in total. The van der Waals surface area contributed by atoms with Gasteiger partial charge in [0, 0.05) is 32.7 Å². The molecule has 7 heteroatoms. The van der Waals surface area contributed by atoms with Gasteiger partial charge in [-0.2, -0.15) is 0 Å². The number of carbonyl (C=O) groups is 2. The number of carboxylic acids is 1. The molecule has 0 unspecified atom stereocenters. The number of rotatable bonds is 4. The predicted octanol–water partition coefficient (Wildman–Crippen LogP) is 3.16. The van der Waals surface area contributed by atoms with Gasteiger partial charge in [0.2, 0.25) is 5.91 Å². The Morgan fingerprint density at radius 3 is 2.30 bits per heavy atom. The molecule has 0 radical (unpaired) electrons. The van der Waals surface area contributed by atoms with Crippen molar-refractivity contribution in [2.75, 3.05) is 26.2 Å². The number of halogens is 2. The van der Waals surface area contributed by atoms with Gasteiger partial charge in [-0.15, -0.1) is 0 Å². The molecule has 4 rings (SSSR count). The first kappa shape index (κ1) is 18.8. The number of allylic oxidation sites excluding steroid dienone is 2. The molecule has 4 atom stereocenters. The first-order valence-corrected chi connectivity index (χ1v) is 10.1. The molecule has 2 fully saturated rings. The van der Waals surface area contributed by atoms with Crippen LogP contribution in [0, 0.1) is 23.7 Å². The Morgan fingerprint density at radius 1 is 1.00 bits per heavy atom. The number of benzene rings is 1. The number of aliphatic carboxylic acids is 1. The third kappa shape index (κ3) is 3.60. The van der Waals surface area contributed by atoms with Crippen LogP contribution in [-0.2, 0) is 16.1 Å². The third-order valence-electron chi connectivity index (χ3n) is 6.10. The van der Waals surface area contributed by atoms with Crippen LogP contribution in [0.25, 0.3) is 0 Å². The highest BCUT2D eigenvalue weighted by Gasteiger charge is 2.52. The second-order valence-electron chi connectivity index (χ2n) is 7.69. The standard InChI is InChI=1S/C20H22Cl2N2O3/c21-15-4-1-12(9-16(15)22)11-23-5-7-24(8-6-23)19(25)17-13-2-3-14(10-13)18(17)20(26)27/h1-4,9,13-14,17-18H,5-8,10-11H2,(H,26,27)/t13-,14-,17-,18+/m0/s1. The molecule has 1 saturated carbocycles. The van der Waals surface area contributed by atoms with E-state index in [1.165, 1.54) is 0 Å². The average molecular weight is 409 g/mol. The number of amides is 1. The maximum absolute atomic E-state index is 13.0. The molecule has 1 aliphatic heterocycles. The fraction of sp³-hybridized carbons (Fsp3) is 0.500. The molecule has 0 aromatic heterocycles. The van der Waals surface area contributed by atoms with E-state index in [4.69, 9.17) is 23.2 Å². The van der Waals surface area contributed by atoms with Gasteiger partial charge in [0.25, 0.3) is 0 Å². The summed E-state index contributed by atoms with van der Waals surface area (Å²) in [4.78, 5) is 28.8. The summed E-state index contributed by atoms with van der Waals surface area (Å²) in [5.74, 6) is -1.71. The van der Waals surface area contributed by atoms with Crippen molar-refractivity contribution < 1.29 is 14.7 Å². The molecular weight excluding hydrogens is 387 g/mol. The molecule has 1 heterocycles. The second kappa shape index (κ2) is 7.46. The van der Waals surface area contributed by atoms with E-state index >= 15 is 0 Å². The van der Waals surface area contributed by atoms with Gasteiger partial charge in [-0.1, -0.05) is 41.4 Å². The fourth-order valence-corrected chi connectivity index (χ4v) is 5.05. The lowest BCUT2D eigenvalue weighted by Crippen LogP contribution is -2.52. The van der Waals surface area contributed by atoms with E-state index in [0.717, 1.165) is 31.6 Å². The summed E-state index contributed by atoms with van der Waals surface area (Å²) in [6, 6.07) is 5.64. The Labute approximate surface area is 168 Å². The first-order valence-electron chi connectivity index (χ1n) is 9.30. The Kier molecular flexibility index (Phi) is 5.19. The van der Waals surface area contributed by atoms with E-state index in [1.807, 2.05) is 29.2 Å². The Morgan fingerprint density at radius 2 is 1.67 bits per heavy atom. The van der Waals surface area contributed by atoms with Gasteiger partial charge in [-0.25, -0.2) is 0 Å². The van der Waals surface area contributed by atoms with Gasteiger partial charge in [0.05, 0.1) is 21.9 Å². The summed E-state index contributed by atoms with van der Waals surface area (Å²) < 4.78 is 0. The zero-order valence-electron chi connectivity index (χ0n) is 14.9. The lowest BCUT2D eigenvalue weighted by Gasteiger charge is -2.37. The van der Waals surface area contributed by atoms with Crippen LogP contribution in [0.4, 0.5) is 0 Å². The monoisotopic (exact) mass is 408 g/mol. The minimum atomic E-state index is -0.844. The quantitative estimate of drug-likeness (QED) is 0.777. The zero-order valence-corrected chi connectivity index (χ0v) is 16.4. The van der Waals surface area contributed by atoms with Crippen molar-refractivity contribution in [2.24, 2.45) is 23.7 Å². The number of hydrogen-bond donors (Lipinski definition) is 1. The summed E-state index contributed by atoms with van der Waals surface area (Å²) in [6.07, 6.45) is 4.81. The van der Waals surface area contributed by atoms with Crippen LogP contribution in [0.2, 0.25) is 10.0 Å². The highest BCUT2D eigenvalue weighted by atomic mass is 35.5. The smallest absolute Gasteiger partial charge is 0.307 e. The van der Waals surface area contributed by atoms with Gasteiger partial charge < -0.3 is 10.0 Å². The third-order valence-corrected chi connectivity index (χ3v) is 6.84. The summed E-state index contributed by atoms with van der Waals surface area (Å²) in [5.41, 5.74) is 1.09. The molecule has 1 aromatic rings. The van der Waals surface area contributed by atoms with Crippen molar-refractivity contribution in [3.05, 3.63) is 46.0 Å².